The summed E-state index contributed by atoms with van der Waals surface area (Å²) in [7, 11) is 0. The first-order valence-corrected chi connectivity index (χ1v) is 8.65. The molecular formula is C18H21Cl2N3O2. The van der Waals surface area contributed by atoms with Gasteiger partial charge in [0.1, 0.15) is 0 Å². The highest BCUT2D eigenvalue weighted by molar-refractivity contribution is 6.33. The summed E-state index contributed by atoms with van der Waals surface area (Å²) in [5.41, 5.74) is 8.88. The van der Waals surface area contributed by atoms with Crippen LogP contribution in [0.2, 0.25) is 10.0 Å². The topological polar surface area (TPSA) is 88.2 Å². The number of hydrogen-bond donors (Lipinski definition) is 3. The molecular weight excluding hydrogens is 361 g/mol. The molecule has 1 aromatic heterocycles. The Bertz CT molecular complexity index is 766. The molecule has 0 aliphatic heterocycles. The second-order valence-corrected chi connectivity index (χ2v) is 6.76. The van der Waals surface area contributed by atoms with Gasteiger partial charge in [-0.1, -0.05) is 29.3 Å². The molecule has 0 aliphatic rings. The van der Waals surface area contributed by atoms with E-state index < -0.39 is 12.1 Å². The molecule has 0 fully saturated rings. The van der Waals surface area contributed by atoms with Gasteiger partial charge in [-0.2, -0.15) is 0 Å². The lowest BCUT2D eigenvalue weighted by atomic mass is 10.1. The molecule has 0 radical (unpaired) electrons. The number of nitrogens with two attached hydrogens (primary N) is 1. The molecule has 4 N–H and O–H groups in total. The van der Waals surface area contributed by atoms with Crippen LogP contribution in [0.4, 0.5) is 0 Å². The lowest BCUT2D eigenvalue weighted by Crippen LogP contribution is -2.41. The van der Waals surface area contributed by atoms with Gasteiger partial charge in [-0.3, -0.25) is 9.78 Å². The van der Waals surface area contributed by atoms with Crippen molar-refractivity contribution in [3.63, 3.8) is 0 Å². The summed E-state index contributed by atoms with van der Waals surface area (Å²) in [6.45, 7) is 3.77. The Kier molecular flexibility index (Phi) is 6.79. The van der Waals surface area contributed by atoms with Crippen molar-refractivity contribution in [1.82, 2.24) is 10.3 Å². The van der Waals surface area contributed by atoms with Gasteiger partial charge >= 0.3 is 0 Å². The molecule has 0 spiro atoms. The van der Waals surface area contributed by atoms with Crippen LogP contribution in [0.15, 0.2) is 30.3 Å². The molecule has 2 atom stereocenters. The second-order valence-electron chi connectivity index (χ2n) is 5.92. The fourth-order valence-electron chi connectivity index (χ4n) is 2.50. The SMILES string of the molecule is Cc1nc(CNC(=O)[C@@H](N)Cc2cc(Cl)ccc2Cl)ccc1C(C)O. The number of hydrogen-bond acceptors (Lipinski definition) is 4. The van der Waals surface area contributed by atoms with E-state index in [9.17, 15) is 9.90 Å². The average Bonchev–Trinajstić information content (AvgIpc) is 2.55. The third-order valence-electron chi connectivity index (χ3n) is 3.86. The maximum atomic E-state index is 12.2. The van der Waals surface area contributed by atoms with Crippen molar-refractivity contribution >= 4 is 29.1 Å². The van der Waals surface area contributed by atoms with E-state index in [1.54, 1.807) is 37.3 Å². The van der Waals surface area contributed by atoms with Gasteiger partial charge in [-0.25, -0.2) is 0 Å². The molecule has 134 valence electrons. The number of aryl methyl sites for hydroxylation is 1. The first kappa shape index (κ1) is 19.7. The average molecular weight is 382 g/mol. The summed E-state index contributed by atoms with van der Waals surface area (Å²) in [5.74, 6) is -0.296. The van der Waals surface area contributed by atoms with Crippen LogP contribution >= 0.6 is 23.2 Å². The lowest BCUT2D eigenvalue weighted by molar-refractivity contribution is -0.122. The standard InChI is InChI=1S/C18H21Cl2N3O2/c1-10-15(11(2)24)5-4-14(23-10)9-22-18(25)17(21)8-12-7-13(19)3-6-16(12)20/h3-7,11,17,24H,8-9,21H2,1-2H3,(H,22,25)/t11?,17-/m0/s1. The van der Waals surface area contributed by atoms with E-state index in [1.165, 1.54) is 0 Å². The number of benzene rings is 1. The monoisotopic (exact) mass is 381 g/mol. The number of carbonyl (C=O) groups is 1. The highest BCUT2D eigenvalue weighted by Crippen LogP contribution is 2.21. The normalized spacial score (nSPS) is 13.4. The summed E-state index contributed by atoms with van der Waals surface area (Å²) in [6.07, 6.45) is -0.287. The van der Waals surface area contributed by atoms with E-state index in [-0.39, 0.29) is 12.5 Å². The van der Waals surface area contributed by atoms with E-state index in [2.05, 4.69) is 10.3 Å². The van der Waals surface area contributed by atoms with Gasteiger partial charge in [0.05, 0.1) is 24.4 Å². The molecule has 0 aliphatic carbocycles. The number of amides is 1. The van der Waals surface area contributed by atoms with E-state index in [0.717, 1.165) is 16.8 Å². The summed E-state index contributed by atoms with van der Waals surface area (Å²) in [4.78, 5) is 16.6. The molecule has 1 amide bonds. The zero-order valence-corrected chi connectivity index (χ0v) is 15.6. The van der Waals surface area contributed by atoms with Crippen molar-refractivity contribution in [1.29, 1.82) is 0 Å². The number of aliphatic hydroxyl groups excluding tert-OH is 1. The van der Waals surface area contributed by atoms with Gasteiger partial charge < -0.3 is 16.2 Å². The van der Waals surface area contributed by atoms with E-state index in [4.69, 9.17) is 28.9 Å². The molecule has 1 unspecified atom stereocenters. The van der Waals surface area contributed by atoms with Crippen LogP contribution in [0.3, 0.4) is 0 Å². The number of aliphatic hydroxyl groups is 1. The Morgan fingerprint density at radius 1 is 1.32 bits per heavy atom. The third kappa shape index (κ3) is 5.41. The molecule has 0 bridgehead atoms. The van der Waals surface area contributed by atoms with Crippen molar-refractivity contribution in [2.75, 3.05) is 0 Å². The van der Waals surface area contributed by atoms with Crippen LogP contribution in [0, 0.1) is 6.92 Å². The quantitative estimate of drug-likeness (QED) is 0.717. The van der Waals surface area contributed by atoms with Crippen molar-refractivity contribution in [3.05, 3.63) is 62.9 Å². The zero-order valence-electron chi connectivity index (χ0n) is 14.1. The van der Waals surface area contributed by atoms with Crippen LogP contribution in [0.1, 0.15) is 35.5 Å². The Balaban J connectivity index is 1.95. The molecule has 7 heteroatoms. The predicted octanol–water partition coefficient (Wildman–Crippen LogP) is 2.94. The minimum absolute atomic E-state index is 0.261. The molecule has 2 aromatic rings. The molecule has 5 nitrogen and oxygen atoms in total. The van der Waals surface area contributed by atoms with Gasteiger partial charge in [-0.05, 0) is 50.1 Å². The number of rotatable bonds is 6. The fourth-order valence-corrected chi connectivity index (χ4v) is 2.89. The van der Waals surface area contributed by atoms with Gasteiger partial charge in [0.15, 0.2) is 0 Å². The first-order chi connectivity index (χ1) is 11.8. The molecule has 25 heavy (non-hydrogen) atoms. The highest BCUT2D eigenvalue weighted by atomic mass is 35.5. The van der Waals surface area contributed by atoms with Crippen LogP contribution in [0.25, 0.3) is 0 Å². The summed E-state index contributed by atoms with van der Waals surface area (Å²) in [5, 5.41) is 13.5. The van der Waals surface area contributed by atoms with Crippen LogP contribution in [-0.4, -0.2) is 22.0 Å². The predicted molar refractivity (Wildman–Crippen MR) is 99.6 cm³/mol. The van der Waals surface area contributed by atoms with E-state index in [0.29, 0.717) is 22.2 Å². The summed E-state index contributed by atoms with van der Waals surface area (Å²) in [6, 6.07) is 7.91. The minimum atomic E-state index is -0.742. The molecule has 1 aromatic carbocycles. The maximum absolute atomic E-state index is 12.2. The molecule has 0 saturated heterocycles. The Hall–Kier alpha value is -1.66. The van der Waals surface area contributed by atoms with Crippen molar-refractivity contribution in [2.45, 2.75) is 39.0 Å². The van der Waals surface area contributed by atoms with Crippen molar-refractivity contribution in [2.24, 2.45) is 5.73 Å². The lowest BCUT2D eigenvalue weighted by Gasteiger charge is -2.14. The Labute approximate surface area is 157 Å². The summed E-state index contributed by atoms with van der Waals surface area (Å²) < 4.78 is 0. The smallest absolute Gasteiger partial charge is 0.237 e. The first-order valence-electron chi connectivity index (χ1n) is 7.89. The molecule has 2 rings (SSSR count). The Morgan fingerprint density at radius 3 is 2.68 bits per heavy atom. The number of nitrogens with zero attached hydrogens (tertiary/aromatic N) is 1. The second kappa shape index (κ2) is 8.63. The van der Waals surface area contributed by atoms with Crippen LogP contribution in [0.5, 0.6) is 0 Å². The zero-order chi connectivity index (χ0) is 18.6. The minimum Gasteiger partial charge on any atom is -0.389 e. The van der Waals surface area contributed by atoms with Crippen LogP contribution < -0.4 is 11.1 Å². The number of aromatic nitrogens is 1. The Morgan fingerprint density at radius 2 is 2.04 bits per heavy atom. The number of carbonyl (C=O) groups excluding carboxylic acids is 1. The summed E-state index contributed by atoms with van der Waals surface area (Å²) >= 11 is 12.0. The maximum Gasteiger partial charge on any atom is 0.237 e. The van der Waals surface area contributed by atoms with Crippen molar-refractivity contribution < 1.29 is 9.90 Å². The van der Waals surface area contributed by atoms with Crippen molar-refractivity contribution in [3.8, 4) is 0 Å². The highest BCUT2D eigenvalue weighted by Gasteiger charge is 2.16. The third-order valence-corrected chi connectivity index (χ3v) is 4.47. The fraction of sp³-hybridized carbons (Fsp3) is 0.333. The van der Waals surface area contributed by atoms with Gasteiger partial charge in [0, 0.05) is 21.3 Å². The number of pyridine rings is 1. The van der Waals surface area contributed by atoms with E-state index in [1.807, 2.05) is 6.92 Å². The van der Waals surface area contributed by atoms with Gasteiger partial charge in [0.25, 0.3) is 0 Å². The molecule has 1 heterocycles. The van der Waals surface area contributed by atoms with Crippen LogP contribution in [-0.2, 0) is 17.8 Å². The number of halogens is 2. The molecule has 0 saturated carbocycles. The largest absolute Gasteiger partial charge is 0.389 e. The van der Waals surface area contributed by atoms with E-state index >= 15 is 0 Å². The van der Waals surface area contributed by atoms with Gasteiger partial charge in [-0.15, -0.1) is 0 Å². The number of nitrogens with one attached hydrogen (secondary N) is 1. The van der Waals surface area contributed by atoms with Gasteiger partial charge in [0.2, 0.25) is 5.91 Å².